The van der Waals surface area contributed by atoms with Crippen LogP contribution in [0.4, 0.5) is 20.1 Å². The van der Waals surface area contributed by atoms with E-state index in [1.165, 1.54) is 35.9 Å². The van der Waals surface area contributed by atoms with Gasteiger partial charge in [-0.3, -0.25) is 24.5 Å². The van der Waals surface area contributed by atoms with E-state index >= 15 is 0 Å². The molecule has 98 heavy (non-hydrogen) atoms. The maximum atomic E-state index is 14.4. The van der Waals surface area contributed by atoms with Gasteiger partial charge in [-0.15, -0.1) is 0 Å². The summed E-state index contributed by atoms with van der Waals surface area (Å²) in [6.45, 7) is 6.96. The third-order valence-corrected chi connectivity index (χ3v) is 18.9. The Balaban J connectivity index is 0.719. The van der Waals surface area contributed by atoms with E-state index in [-0.39, 0.29) is 95.9 Å². The summed E-state index contributed by atoms with van der Waals surface area (Å²) in [5.74, 6) is -3.97. The Bertz CT molecular complexity index is 3780. The van der Waals surface area contributed by atoms with Gasteiger partial charge in [0, 0.05) is 76.9 Å². The summed E-state index contributed by atoms with van der Waals surface area (Å²) in [4.78, 5) is 109. The summed E-state index contributed by atoms with van der Waals surface area (Å²) in [7, 11) is 7.78. The second-order valence-electron chi connectivity index (χ2n) is 25.3. The molecule has 0 saturated carbocycles. The van der Waals surface area contributed by atoms with Crippen LogP contribution >= 0.6 is 11.6 Å². The van der Waals surface area contributed by atoms with Crippen LogP contribution < -0.4 is 25.6 Å². The average molecular weight is 1380 g/mol. The van der Waals surface area contributed by atoms with Crippen molar-refractivity contribution < 1.29 is 86.5 Å². The smallest absolute Gasteiger partial charge is 0.424 e. The number of hydrogen-bond donors (Lipinski definition) is 5. The second-order valence-corrected chi connectivity index (χ2v) is 25.7. The highest BCUT2D eigenvalue weighted by molar-refractivity contribution is 6.35. The first-order chi connectivity index (χ1) is 46.8. The van der Waals surface area contributed by atoms with Gasteiger partial charge in [-0.1, -0.05) is 109 Å². The lowest BCUT2D eigenvalue weighted by Crippen LogP contribution is -2.57. The van der Waals surface area contributed by atoms with Crippen molar-refractivity contribution in [2.24, 2.45) is 5.92 Å². The number of aliphatic carboxylic acids is 1. The molecule has 2 saturated heterocycles. The number of carbonyl (C=O) groups is 8. The van der Waals surface area contributed by atoms with Crippen molar-refractivity contribution in [3.05, 3.63) is 142 Å². The van der Waals surface area contributed by atoms with Crippen LogP contribution in [0, 0.1) is 5.92 Å². The number of nitrogens with one attached hydrogen (secondary N) is 3. The highest BCUT2D eigenvalue weighted by Gasteiger charge is 2.64. The number of rotatable bonds is 25. The molecule has 6 amide bonds. The molecule has 0 radical (unpaired) electrons. The molecule has 4 heterocycles. The number of ether oxygens (including phenoxy) is 8. The molecule has 1 aromatic heterocycles. The summed E-state index contributed by atoms with van der Waals surface area (Å²) < 4.78 is 48.3. The molecule has 1 unspecified atom stereocenters. The van der Waals surface area contributed by atoms with Crippen LogP contribution in [0.1, 0.15) is 94.5 Å². The Morgan fingerprint density at radius 3 is 2.29 bits per heavy atom. The number of aromatic nitrogens is 1. The fraction of sp³-hybridized carbons (Fsp3) is 0.465. The zero-order valence-electron chi connectivity index (χ0n) is 56.6. The van der Waals surface area contributed by atoms with Gasteiger partial charge in [-0.2, -0.15) is 0 Å². The zero-order valence-corrected chi connectivity index (χ0v) is 57.3. The number of halogens is 1. The molecule has 4 aliphatic rings. The molecular weight excluding hydrogens is 1290 g/mol. The van der Waals surface area contributed by atoms with Crippen LogP contribution in [0.25, 0.3) is 22.0 Å². The lowest BCUT2D eigenvalue weighted by atomic mass is 9.84. The molecule has 9 rings (SSSR count). The number of amides is 6. The van der Waals surface area contributed by atoms with Crippen LogP contribution in [-0.4, -0.2) is 194 Å². The molecule has 0 spiro atoms. The van der Waals surface area contributed by atoms with E-state index in [1.807, 2.05) is 79.7 Å². The van der Waals surface area contributed by atoms with E-state index in [2.05, 4.69) is 28.1 Å². The number of carboxylic acid groups (broad SMARTS) is 1. The molecule has 8 atom stereocenters. The van der Waals surface area contributed by atoms with Crippen LogP contribution in [-0.2, 0) is 76.8 Å². The van der Waals surface area contributed by atoms with E-state index in [1.54, 1.807) is 68.9 Å². The van der Waals surface area contributed by atoms with Gasteiger partial charge in [-0.05, 0) is 85.7 Å². The Labute approximate surface area is 573 Å². The second kappa shape index (κ2) is 32.5. The molecule has 5 N–H and O–H groups in total. The Hall–Kier alpha value is -9.05. The van der Waals surface area contributed by atoms with Gasteiger partial charge in [0.15, 0.2) is 6.73 Å². The number of likely N-dealkylation sites (N-methyl/N-ethyl adjacent to an activating group) is 1. The van der Waals surface area contributed by atoms with Crippen LogP contribution in [0.5, 0.6) is 5.75 Å². The number of epoxide rings is 1. The first-order valence-corrected chi connectivity index (χ1v) is 32.9. The van der Waals surface area contributed by atoms with Gasteiger partial charge in [-0.25, -0.2) is 29.2 Å². The third-order valence-electron chi connectivity index (χ3n) is 18.5. The van der Waals surface area contributed by atoms with Gasteiger partial charge in [0.05, 0.1) is 70.2 Å². The van der Waals surface area contributed by atoms with E-state index in [4.69, 9.17) is 49.5 Å². The van der Waals surface area contributed by atoms with Gasteiger partial charge in [0.25, 0.3) is 0 Å². The molecular formula is C71H87ClN8O18. The van der Waals surface area contributed by atoms with Crippen molar-refractivity contribution in [3.8, 4) is 16.9 Å². The van der Waals surface area contributed by atoms with Crippen molar-refractivity contribution in [2.75, 3.05) is 79.8 Å². The number of carbonyl (C=O) groups excluding carboxylic acids is 7. The van der Waals surface area contributed by atoms with Gasteiger partial charge >= 0.3 is 30.2 Å². The van der Waals surface area contributed by atoms with E-state index in [9.17, 15) is 48.6 Å². The van der Waals surface area contributed by atoms with E-state index in [0.29, 0.717) is 23.6 Å². The fourth-order valence-corrected chi connectivity index (χ4v) is 12.8. The predicted molar refractivity (Wildman–Crippen MR) is 361 cm³/mol. The number of nitrogens with zero attached hydrogens (tertiary/aromatic N) is 5. The molecule has 26 nitrogen and oxygen atoms in total. The summed E-state index contributed by atoms with van der Waals surface area (Å²) in [6.07, 6.45) is -0.371. The van der Waals surface area contributed by atoms with Crippen molar-refractivity contribution in [3.63, 3.8) is 0 Å². The van der Waals surface area contributed by atoms with Gasteiger partial charge in [0.2, 0.25) is 17.7 Å². The van der Waals surface area contributed by atoms with Crippen LogP contribution in [0.2, 0.25) is 5.02 Å². The number of allylic oxidation sites excluding steroid dienone is 3. The number of carboxylic acids is 1. The SMILES string of the molecule is COc1cc2cc(c1Cl)N(C)C(=O)C[C@H](OC(=O)[C@H](C)N(C)C(=O)CCOCCOCCNC(=O)[C@H](CCC(=O)O)NC(=O)OCn1c(CN(C)N(C)C(=O)OCC3c4ccccc4-c4ccccc43)cc3ccccc31)[C@]1(C)OC1[C@H](C)[C@@H]1C[C@](O)(C/C=C/C=C(\C)C2)NC(=O)O1. The zero-order chi connectivity index (χ0) is 70.6. The largest absolute Gasteiger partial charge is 0.495 e. The minimum atomic E-state index is -1.65. The summed E-state index contributed by atoms with van der Waals surface area (Å²) in [5.41, 5.74) is 4.95. The number of para-hydroxylation sites is 1. The first kappa shape index (κ1) is 73.2. The van der Waals surface area contributed by atoms with E-state index in [0.717, 1.165) is 44.3 Å². The average Bonchev–Trinajstić information content (AvgIpc) is 1.65. The Morgan fingerprint density at radius 2 is 1.58 bits per heavy atom. The number of benzene rings is 4. The Kier molecular flexibility index (Phi) is 24.3. The molecule has 2 fully saturated rings. The van der Waals surface area contributed by atoms with Crippen molar-refractivity contribution in [1.29, 1.82) is 0 Å². The summed E-state index contributed by atoms with van der Waals surface area (Å²) in [6, 6.07) is 26.6. The quantitative estimate of drug-likeness (QED) is 0.0121. The first-order valence-electron chi connectivity index (χ1n) is 32.5. The molecule has 5 aromatic rings. The standard InChI is InChI=1S/C71H87ClN8O18/c1-43-18-16-17-28-71(90)39-58(96-68(88)75-71)44(2)64-70(4,98-64)59(38-61(82)78(7)56-35-46(34-43)36-57(91-9)63(56)72)97-66(86)45(3)77(6)60(81)27-30-92-32-33-93-31-29-73-65(85)54(25-26-62(83)84)74-67(87)95-42-80-48(37-47-19-10-15-24-55(47)80)40-76(5)79(8)69(89)94-41-53-51-22-13-11-20-49(51)50-21-12-14-23-52(50)53/h10-24,35-37,44-45,53-54,58-59,64,90H,25-34,38-42H2,1-9H3,(H,73,85)(H,74,87)(H,75,88)(H,83,84)/b17-16+,43-18+/t44-,45+,54+,58+,59+,64?,70+,71-/m1/s1. The lowest BCUT2D eigenvalue weighted by molar-refractivity contribution is -0.162. The highest BCUT2D eigenvalue weighted by Crippen LogP contribution is 2.50. The molecule has 526 valence electrons. The molecule has 3 aliphatic heterocycles. The van der Waals surface area contributed by atoms with Gasteiger partial charge in [0.1, 0.15) is 53.0 Å². The molecule has 27 heteroatoms. The minimum Gasteiger partial charge on any atom is -0.495 e. The number of anilines is 1. The third kappa shape index (κ3) is 17.8. The number of fused-ring (bicyclic) bond motifs is 9. The van der Waals surface area contributed by atoms with Crippen LogP contribution in [0.15, 0.2) is 115 Å². The Morgan fingerprint density at radius 1 is 0.898 bits per heavy atom. The number of esters is 1. The number of methoxy groups -OCH3 is 1. The van der Waals surface area contributed by atoms with Gasteiger partial charge < -0.3 is 73.1 Å². The summed E-state index contributed by atoms with van der Waals surface area (Å²) in [5, 5.41) is 32.8. The number of alkyl carbamates (subject to hydrolysis) is 2. The van der Waals surface area contributed by atoms with Crippen molar-refractivity contribution in [2.45, 2.75) is 134 Å². The number of hydrazine groups is 1. The predicted octanol–water partition coefficient (Wildman–Crippen LogP) is 8.23. The maximum Gasteiger partial charge on any atom is 0.424 e. The number of aliphatic hydroxyl groups is 1. The molecule has 1 aliphatic carbocycles. The molecule has 4 bridgehead atoms. The van der Waals surface area contributed by atoms with E-state index < -0.39 is 102 Å². The van der Waals surface area contributed by atoms with Crippen molar-refractivity contribution in [1.82, 2.24) is 35.4 Å². The normalized spacial score (nSPS) is 22.1. The summed E-state index contributed by atoms with van der Waals surface area (Å²) >= 11 is 6.82. The highest BCUT2D eigenvalue weighted by atomic mass is 35.5. The minimum absolute atomic E-state index is 0.00737. The molecule has 4 aromatic carbocycles. The monoisotopic (exact) mass is 1370 g/mol. The maximum absolute atomic E-state index is 14.4. The van der Waals surface area contributed by atoms with Crippen molar-refractivity contribution >= 4 is 76.1 Å². The fourth-order valence-electron chi connectivity index (χ4n) is 12.5. The topological polar surface area (TPSA) is 308 Å². The van der Waals surface area contributed by atoms with Crippen LogP contribution in [0.3, 0.4) is 0 Å². The number of hydrogen-bond acceptors (Lipinski definition) is 18. The lowest BCUT2D eigenvalue weighted by Gasteiger charge is -2.39.